The van der Waals surface area contributed by atoms with Gasteiger partial charge in [-0.3, -0.25) is 14.9 Å². The number of carbonyl (C=O) groups excluding carboxylic acids is 2. The number of nitrogens with one attached hydrogen (secondary N) is 1. The number of benzene rings is 1. The van der Waals surface area contributed by atoms with E-state index in [1.54, 1.807) is 38.1 Å². The van der Waals surface area contributed by atoms with Crippen LogP contribution in [0.1, 0.15) is 33.5 Å². The lowest BCUT2D eigenvalue weighted by Crippen LogP contribution is -2.16. The summed E-state index contributed by atoms with van der Waals surface area (Å²) in [5, 5.41) is 23.2. The molecule has 33 heavy (non-hydrogen) atoms. The summed E-state index contributed by atoms with van der Waals surface area (Å²) in [4.78, 5) is 36.2. The first-order chi connectivity index (χ1) is 15.7. The number of nitriles is 1. The van der Waals surface area contributed by atoms with Crippen LogP contribution in [0, 0.1) is 35.3 Å². The van der Waals surface area contributed by atoms with Gasteiger partial charge in [0.15, 0.2) is 0 Å². The number of carbonyl (C=O) groups is 2. The number of esters is 1. The third kappa shape index (κ3) is 5.16. The van der Waals surface area contributed by atoms with Gasteiger partial charge in [0.05, 0.1) is 17.1 Å². The van der Waals surface area contributed by atoms with Crippen LogP contribution in [-0.4, -0.2) is 23.4 Å². The Morgan fingerprint density at radius 1 is 1.24 bits per heavy atom. The largest absolute Gasteiger partial charge is 0.462 e. The highest BCUT2D eigenvalue weighted by atomic mass is 32.1. The van der Waals surface area contributed by atoms with Crippen LogP contribution in [0.3, 0.4) is 0 Å². The van der Waals surface area contributed by atoms with Gasteiger partial charge >= 0.3 is 5.97 Å². The molecule has 168 valence electrons. The number of nitro groups is 1. The number of amides is 1. The molecule has 0 aliphatic heterocycles. The smallest absolute Gasteiger partial charge is 0.341 e. The topological polar surface area (TPSA) is 135 Å². The molecule has 3 aromatic rings. The zero-order valence-electron chi connectivity index (χ0n) is 18.0. The van der Waals surface area contributed by atoms with E-state index in [4.69, 9.17) is 9.15 Å². The summed E-state index contributed by atoms with van der Waals surface area (Å²) < 4.78 is 10.7. The fraction of sp³-hybridized carbons (Fsp3) is 0.174. The van der Waals surface area contributed by atoms with E-state index in [1.165, 1.54) is 29.5 Å². The minimum Gasteiger partial charge on any atom is -0.462 e. The van der Waals surface area contributed by atoms with Gasteiger partial charge in [-0.2, -0.15) is 5.26 Å². The molecule has 2 aromatic heterocycles. The number of nitro benzene ring substituents is 1. The summed E-state index contributed by atoms with van der Waals surface area (Å²) >= 11 is 1.22. The van der Waals surface area contributed by atoms with Crippen molar-refractivity contribution in [2.45, 2.75) is 20.8 Å². The Bertz CT molecular complexity index is 1290. The lowest BCUT2D eigenvalue weighted by atomic mass is 10.1. The van der Waals surface area contributed by atoms with Crippen molar-refractivity contribution in [1.29, 1.82) is 5.26 Å². The van der Waals surface area contributed by atoms with E-state index in [-0.39, 0.29) is 29.2 Å². The SMILES string of the molecule is CCOC(=O)c1c(NC(=O)C(C#N)=Cc2ccc(-c3ccc([N+](=O)[O-])cc3)o2)sc(C)c1C. The Morgan fingerprint density at radius 3 is 2.55 bits per heavy atom. The number of nitrogens with zero attached hydrogens (tertiary/aromatic N) is 2. The fourth-order valence-corrected chi connectivity index (χ4v) is 4.00. The van der Waals surface area contributed by atoms with Crippen LogP contribution in [0.5, 0.6) is 0 Å². The van der Waals surface area contributed by atoms with Crippen LogP contribution in [0.2, 0.25) is 0 Å². The van der Waals surface area contributed by atoms with Crippen molar-refractivity contribution < 1.29 is 23.7 Å². The molecule has 0 fully saturated rings. The van der Waals surface area contributed by atoms with Crippen molar-refractivity contribution in [3.05, 3.63) is 73.8 Å². The molecule has 0 aliphatic carbocycles. The summed E-state index contributed by atoms with van der Waals surface area (Å²) in [5.41, 5.74) is 1.30. The number of non-ortho nitro benzene ring substituents is 1. The van der Waals surface area contributed by atoms with Gasteiger partial charge in [0.1, 0.15) is 28.2 Å². The van der Waals surface area contributed by atoms with Gasteiger partial charge in [0.2, 0.25) is 0 Å². The summed E-state index contributed by atoms with van der Waals surface area (Å²) in [6, 6.07) is 10.8. The van der Waals surface area contributed by atoms with Gasteiger partial charge in [-0.05, 0) is 50.6 Å². The van der Waals surface area contributed by atoms with Crippen molar-refractivity contribution in [2.24, 2.45) is 0 Å². The van der Waals surface area contributed by atoms with Crippen LogP contribution in [-0.2, 0) is 9.53 Å². The highest BCUT2D eigenvalue weighted by Gasteiger charge is 2.23. The van der Waals surface area contributed by atoms with Crippen LogP contribution in [0.25, 0.3) is 17.4 Å². The quantitative estimate of drug-likeness (QED) is 0.165. The Kier molecular flexibility index (Phi) is 7.05. The molecule has 0 bridgehead atoms. The average Bonchev–Trinajstić information content (AvgIpc) is 3.36. The lowest BCUT2D eigenvalue weighted by Gasteiger charge is -2.06. The minimum absolute atomic E-state index is 0.0462. The van der Waals surface area contributed by atoms with Crippen LogP contribution in [0.4, 0.5) is 10.7 Å². The van der Waals surface area contributed by atoms with Crippen molar-refractivity contribution >= 4 is 40.0 Å². The Balaban J connectivity index is 1.83. The van der Waals surface area contributed by atoms with Crippen LogP contribution >= 0.6 is 11.3 Å². The summed E-state index contributed by atoms with van der Waals surface area (Å²) in [7, 11) is 0. The van der Waals surface area contributed by atoms with E-state index in [1.807, 2.05) is 13.0 Å². The molecule has 9 nitrogen and oxygen atoms in total. The second-order valence-corrected chi connectivity index (χ2v) is 8.06. The molecule has 1 N–H and O–H groups in total. The summed E-state index contributed by atoms with van der Waals surface area (Å²) in [6.07, 6.45) is 1.28. The van der Waals surface area contributed by atoms with Gasteiger partial charge in [-0.25, -0.2) is 4.79 Å². The molecule has 10 heteroatoms. The molecule has 2 heterocycles. The van der Waals surface area contributed by atoms with E-state index in [0.717, 1.165) is 4.88 Å². The first kappa shape index (κ1) is 23.4. The molecular formula is C23H19N3O6S. The maximum absolute atomic E-state index is 12.7. The molecule has 0 saturated carbocycles. The lowest BCUT2D eigenvalue weighted by molar-refractivity contribution is -0.384. The van der Waals surface area contributed by atoms with E-state index in [0.29, 0.717) is 21.9 Å². The highest BCUT2D eigenvalue weighted by Crippen LogP contribution is 2.33. The van der Waals surface area contributed by atoms with Crippen molar-refractivity contribution in [3.8, 4) is 17.4 Å². The normalized spacial score (nSPS) is 11.0. The van der Waals surface area contributed by atoms with Gasteiger partial charge in [-0.1, -0.05) is 0 Å². The highest BCUT2D eigenvalue weighted by molar-refractivity contribution is 7.16. The number of anilines is 1. The summed E-state index contributed by atoms with van der Waals surface area (Å²) in [6.45, 7) is 5.47. The predicted octanol–water partition coefficient (Wildman–Crippen LogP) is 5.26. The van der Waals surface area contributed by atoms with Gasteiger partial charge in [0, 0.05) is 28.6 Å². The molecule has 0 aliphatic rings. The second kappa shape index (κ2) is 9.93. The van der Waals surface area contributed by atoms with Crippen molar-refractivity contribution in [1.82, 2.24) is 0 Å². The zero-order chi connectivity index (χ0) is 24.1. The number of thiophene rings is 1. The number of hydrogen-bond acceptors (Lipinski definition) is 8. The molecule has 1 amide bonds. The van der Waals surface area contributed by atoms with Crippen molar-refractivity contribution in [2.75, 3.05) is 11.9 Å². The molecule has 0 atom stereocenters. The van der Waals surface area contributed by atoms with E-state index in [2.05, 4.69) is 5.32 Å². The first-order valence-electron chi connectivity index (χ1n) is 9.80. The number of aryl methyl sites for hydroxylation is 1. The average molecular weight is 465 g/mol. The van der Waals surface area contributed by atoms with Crippen molar-refractivity contribution in [3.63, 3.8) is 0 Å². The first-order valence-corrected chi connectivity index (χ1v) is 10.6. The van der Waals surface area contributed by atoms with E-state index in [9.17, 15) is 25.0 Å². The fourth-order valence-electron chi connectivity index (χ4n) is 2.96. The monoisotopic (exact) mass is 465 g/mol. The molecule has 0 unspecified atom stereocenters. The number of hydrogen-bond donors (Lipinski definition) is 1. The third-order valence-electron chi connectivity index (χ3n) is 4.73. The van der Waals surface area contributed by atoms with Gasteiger partial charge in [-0.15, -0.1) is 11.3 Å². The molecule has 1 aromatic carbocycles. The Labute approximate surface area is 193 Å². The number of rotatable bonds is 7. The minimum atomic E-state index is -0.697. The predicted molar refractivity (Wildman–Crippen MR) is 123 cm³/mol. The maximum atomic E-state index is 12.7. The summed E-state index contributed by atoms with van der Waals surface area (Å²) in [5.74, 6) is -0.573. The second-order valence-electron chi connectivity index (χ2n) is 6.84. The molecule has 0 saturated heterocycles. The van der Waals surface area contributed by atoms with E-state index < -0.39 is 16.8 Å². The third-order valence-corrected chi connectivity index (χ3v) is 5.86. The maximum Gasteiger partial charge on any atom is 0.341 e. The van der Waals surface area contributed by atoms with E-state index >= 15 is 0 Å². The Hall–Kier alpha value is -4.23. The Morgan fingerprint density at radius 2 is 1.94 bits per heavy atom. The molecule has 3 rings (SSSR count). The van der Waals surface area contributed by atoms with Gasteiger partial charge in [0.25, 0.3) is 11.6 Å². The van der Waals surface area contributed by atoms with Crippen LogP contribution in [0.15, 0.2) is 46.4 Å². The van der Waals surface area contributed by atoms with Crippen LogP contribution < -0.4 is 5.32 Å². The molecule has 0 radical (unpaired) electrons. The molecule has 0 spiro atoms. The number of ether oxygens (including phenoxy) is 1. The standard InChI is InChI=1S/C23H19N3O6S/c1-4-31-23(28)20-13(2)14(3)33-22(20)25-21(27)16(12-24)11-18-9-10-19(32-18)15-5-7-17(8-6-15)26(29)30/h5-11H,4H2,1-3H3,(H,25,27). The zero-order valence-corrected chi connectivity index (χ0v) is 18.8. The number of furan rings is 1. The molecular weight excluding hydrogens is 446 g/mol. The van der Waals surface area contributed by atoms with Gasteiger partial charge < -0.3 is 14.5 Å².